The van der Waals surface area contributed by atoms with Gasteiger partial charge in [0.25, 0.3) is 0 Å². The van der Waals surface area contributed by atoms with Gasteiger partial charge in [0, 0.05) is 5.92 Å². The van der Waals surface area contributed by atoms with Gasteiger partial charge in [0.05, 0.1) is 24.5 Å². The summed E-state index contributed by atoms with van der Waals surface area (Å²) in [6.45, 7) is 6.01. The van der Waals surface area contributed by atoms with Crippen molar-refractivity contribution >= 4 is 11.9 Å². The van der Waals surface area contributed by atoms with Crippen LogP contribution in [0.25, 0.3) is 0 Å². The zero-order valence-electron chi connectivity index (χ0n) is 17.8. The van der Waals surface area contributed by atoms with Crippen LogP contribution < -0.4 is 0 Å². The number of carbonyl (C=O) groups is 2. The van der Waals surface area contributed by atoms with Crippen molar-refractivity contribution in [3.8, 4) is 0 Å². The summed E-state index contributed by atoms with van der Waals surface area (Å²) < 4.78 is 5.93. The molecule has 6 heteroatoms. The lowest BCUT2D eigenvalue weighted by molar-refractivity contribution is -0.158. The van der Waals surface area contributed by atoms with Crippen LogP contribution in [0.2, 0.25) is 0 Å². The number of carbonyl (C=O) groups excluding carboxylic acids is 1. The molecule has 164 valence electrons. The fourth-order valence-corrected chi connectivity index (χ4v) is 4.49. The van der Waals surface area contributed by atoms with E-state index in [-0.39, 0.29) is 48.6 Å². The Morgan fingerprint density at radius 1 is 1.28 bits per heavy atom. The van der Waals surface area contributed by atoms with Gasteiger partial charge in [-0.3, -0.25) is 9.59 Å². The SMILES string of the molecule is CCC(C)C(=O)O[C@@H]1CCC=C2C=C[C@@H](C)[C@@H](CC[C@H](O)C[C@H](O)CC(=O)O)[C@@H]21. The second kappa shape index (κ2) is 10.9. The van der Waals surface area contributed by atoms with E-state index in [4.69, 9.17) is 9.84 Å². The Morgan fingerprint density at radius 2 is 2.00 bits per heavy atom. The minimum atomic E-state index is -1.07. The van der Waals surface area contributed by atoms with Crippen LogP contribution in [0.4, 0.5) is 0 Å². The van der Waals surface area contributed by atoms with Crippen molar-refractivity contribution < 1.29 is 29.6 Å². The molecule has 0 aromatic rings. The number of carboxylic acid groups (broad SMARTS) is 1. The molecule has 29 heavy (non-hydrogen) atoms. The van der Waals surface area contributed by atoms with Crippen molar-refractivity contribution in [2.45, 2.75) is 84.0 Å². The number of aliphatic carboxylic acids is 1. The predicted octanol–water partition coefficient (Wildman–Crippen LogP) is 3.47. The van der Waals surface area contributed by atoms with Crippen LogP contribution in [0, 0.1) is 23.7 Å². The molecular formula is C23H36O6. The summed E-state index contributed by atoms with van der Waals surface area (Å²) in [5.74, 6) is -0.691. The summed E-state index contributed by atoms with van der Waals surface area (Å²) in [6, 6.07) is 0. The molecule has 6 nitrogen and oxygen atoms in total. The molecule has 0 radical (unpaired) electrons. The van der Waals surface area contributed by atoms with E-state index in [1.54, 1.807) is 0 Å². The molecule has 0 bridgehead atoms. The third kappa shape index (κ3) is 6.68. The van der Waals surface area contributed by atoms with Gasteiger partial charge >= 0.3 is 11.9 Å². The summed E-state index contributed by atoms with van der Waals surface area (Å²) in [5.41, 5.74) is 1.21. The van der Waals surface area contributed by atoms with Crippen LogP contribution in [-0.4, -0.2) is 45.6 Å². The Balaban J connectivity index is 2.03. The highest BCUT2D eigenvalue weighted by atomic mass is 16.5. The number of aliphatic hydroxyl groups excluding tert-OH is 2. The third-order valence-corrected chi connectivity index (χ3v) is 6.42. The fraction of sp³-hybridized carbons (Fsp3) is 0.739. The van der Waals surface area contributed by atoms with Gasteiger partial charge in [-0.1, -0.05) is 39.0 Å². The lowest BCUT2D eigenvalue weighted by atomic mass is 9.66. The van der Waals surface area contributed by atoms with E-state index in [1.165, 1.54) is 5.57 Å². The van der Waals surface area contributed by atoms with Gasteiger partial charge in [-0.25, -0.2) is 0 Å². The van der Waals surface area contributed by atoms with Gasteiger partial charge in [-0.2, -0.15) is 0 Å². The standard InChI is InChI=1S/C23H36O6/c1-4-14(2)23(28)29-20-7-5-6-16-9-8-15(3)19(22(16)20)11-10-17(24)12-18(25)13-21(26)27/h6,8-9,14-15,17-20,22,24-25H,4-5,7,10-13H2,1-3H3,(H,26,27)/t14?,15-,17+,18+,19-,20-,22-/m1/s1. The van der Waals surface area contributed by atoms with E-state index in [2.05, 4.69) is 25.2 Å². The summed E-state index contributed by atoms with van der Waals surface area (Å²) in [4.78, 5) is 23.1. The van der Waals surface area contributed by atoms with Crippen LogP contribution in [0.15, 0.2) is 23.8 Å². The second-order valence-electron chi connectivity index (χ2n) is 8.69. The highest BCUT2D eigenvalue weighted by molar-refractivity contribution is 5.72. The van der Waals surface area contributed by atoms with Gasteiger partial charge < -0.3 is 20.1 Å². The molecular weight excluding hydrogens is 372 g/mol. The molecule has 0 spiro atoms. The molecule has 0 saturated carbocycles. The number of ether oxygens (including phenoxy) is 1. The van der Waals surface area contributed by atoms with Crippen LogP contribution >= 0.6 is 0 Å². The number of allylic oxidation sites excluding steroid dienone is 3. The molecule has 0 aromatic heterocycles. The first kappa shape index (κ1) is 23.6. The summed E-state index contributed by atoms with van der Waals surface area (Å²) >= 11 is 0. The number of hydrogen-bond acceptors (Lipinski definition) is 5. The summed E-state index contributed by atoms with van der Waals surface area (Å²) in [6.07, 6.45) is 7.97. The molecule has 0 fully saturated rings. The average Bonchev–Trinajstić information content (AvgIpc) is 2.66. The Bertz CT molecular complexity index is 625. The molecule has 0 amide bonds. The largest absolute Gasteiger partial charge is 0.481 e. The highest BCUT2D eigenvalue weighted by Gasteiger charge is 2.40. The van der Waals surface area contributed by atoms with E-state index in [0.717, 1.165) is 25.7 Å². The van der Waals surface area contributed by atoms with E-state index in [9.17, 15) is 19.8 Å². The first-order valence-electron chi connectivity index (χ1n) is 10.9. The average molecular weight is 409 g/mol. The quantitative estimate of drug-likeness (QED) is 0.478. The lowest BCUT2D eigenvalue weighted by Crippen LogP contribution is -2.40. The number of carboxylic acids is 1. The van der Waals surface area contributed by atoms with Crippen molar-refractivity contribution in [2.24, 2.45) is 23.7 Å². The predicted molar refractivity (Wildman–Crippen MR) is 110 cm³/mol. The van der Waals surface area contributed by atoms with Crippen LogP contribution in [0.5, 0.6) is 0 Å². The molecule has 0 heterocycles. The first-order chi connectivity index (χ1) is 13.7. The Morgan fingerprint density at radius 3 is 2.66 bits per heavy atom. The second-order valence-corrected chi connectivity index (χ2v) is 8.69. The normalized spacial score (nSPS) is 29.3. The number of aliphatic hydroxyl groups is 2. The number of fused-ring (bicyclic) bond motifs is 1. The Hall–Kier alpha value is -1.66. The molecule has 2 aliphatic rings. The van der Waals surface area contributed by atoms with Crippen LogP contribution in [0.3, 0.4) is 0 Å². The van der Waals surface area contributed by atoms with Gasteiger partial charge in [-0.05, 0) is 55.9 Å². The maximum absolute atomic E-state index is 12.4. The number of hydrogen-bond donors (Lipinski definition) is 3. The van der Waals surface area contributed by atoms with Crippen molar-refractivity contribution in [1.82, 2.24) is 0 Å². The van der Waals surface area contributed by atoms with Crippen molar-refractivity contribution in [1.29, 1.82) is 0 Å². The van der Waals surface area contributed by atoms with E-state index in [1.807, 2.05) is 13.8 Å². The number of esters is 1. The lowest BCUT2D eigenvalue weighted by Gasteiger charge is -2.42. The van der Waals surface area contributed by atoms with Gasteiger partial charge in [0.2, 0.25) is 0 Å². The molecule has 0 aliphatic heterocycles. The van der Waals surface area contributed by atoms with Crippen LogP contribution in [0.1, 0.15) is 65.7 Å². The summed E-state index contributed by atoms with van der Waals surface area (Å²) in [5, 5.41) is 28.8. The Kier molecular flexibility index (Phi) is 8.90. The summed E-state index contributed by atoms with van der Waals surface area (Å²) in [7, 11) is 0. The fourth-order valence-electron chi connectivity index (χ4n) is 4.49. The Labute approximate surface area is 173 Å². The van der Waals surface area contributed by atoms with Crippen molar-refractivity contribution in [3.63, 3.8) is 0 Å². The molecule has 2 rings (SSSR count). The van der Waals surface area contributed by atoms with Crippen molar-refractivity contribution in [3.05, 3.63) is 23.8 Å². The van der Waals surface area contributed by atoms with Gasteiger partial charge in [0.15, 0.2) is 0 Å². The molecule has 3 N–H and O–H groups in total. The van der Waals surface area contributed by atoms with E-state index in [0.29, 0.717) is 6.42 Å². The van der Waals surface area contributed by atoms with E-state index < -0.39 is 18.2 Å². The zero-order chi connectivity index (χ0) is 21.6. The topological polar surface area (TPSA) is 104 Å². The maximum atomic E-state index is 12.4. The first-order valence-corrected chi connectivity index (χ1v) is 10.9. The van der Waals surface area contributed by atoms with Gasteiger partial charge in [0.1, 0.15) is 6.10 Å². The monoisotopic (exact) mass is 408 g/mol. The third-order valence-electron chi connectivity index (χ3n) is 6.42. The zero-order valence-corrected chi connectivity index (χ0v) is 17.8. The molecule has 0 aromatic carbocycles. The highest BCUT2D eigenvalue weighted by Crippen LogP contribution is 2.44. The molecule has 7 atom stereocenters. The maximum Gasteiger partial charge on any atom is 0.308 e. The molecule has 2 aliphatic carbocycles. The molecule has 1 unspecified atom stereocenters. The minimum Gasteiger partial charge on any atom is -0.481 e. The van der Waals surface area contributed by atoms with Crippen molar-refractivity contribution in [2.75, 3.05) is 0 Å². The minimum absolute atomic E-state index is 0.0586. The van der Waals surface area contributed by atoms with E-state index >= 15 is 0 Å². The van der Waals surface area contributed by atoms with Crippen LogP contribution in [-0.2, 0) is 14.3 Å². The number of rotatable bonds is 10. The molecule has 0 saturated heterocycles. The smallest absolute Gasteiger partial charge is 0.308 e. The van der Waals surface area contributed by atoms with Gasteiger partial charge in [-0.15, -0.1) is 0 Å².